The lowest BCUT2D eigenvalue weighted by atomic mass is 9.80. The molecule has 1 unspecified atom stereocenters. The van der Waals surface area contributed by atoms with E-state index in [2.05, 4.69) is 25.8 Å². The Balaban J connectivity index is 2.26. The number of aromatic nitrogens is 1. The Bertz CT molecular complexity index is 583. The van der Waals surface area contributed by atoms with Gasteiger partial charge in [-0.25, -0.2) is 4.98 Å². The van der Waals surface area contributed by atoms with Gasteiger partial charge in [-0.15, -0.1) is 0 Å². The quantitative estimate of drug-likeness (QED) is 0.477. The summed E-state index contributed by atoms with van der Waals surface area (Å²) in [6.07, 6.45) is 1.94. The van der Waals surface area contributed by atoms with Gasteiger partial charge in [0.2, 0.25) is 0 Å². The minimum atomic E-state index is -0.603. The molecule has 1 fully saturated rings. The lowest BCUT2D eigenvalue weighted by molar-refractivity contribution is -0.385. The number of nitro groups is 1. The number of nitrogens with zero attached hydrogens (tertiary/aromatic N) is 3. The van der Waals surface area contributed by atoms with E-state index in [4.69, 9.17) is 11.6 Å². The first kappa shape index (κ1) is 15.7. The van der Waals surface area contributed by atoms with Crippen molar-refractivity contribution in [3.05, 3.63) is 33.1 Å². The van der Waals surface area contributed by atoms with Gasteiger partial charge in [0.05, 0.1) is 4.92 Å². The van der Waals surface area contributed by atoms with E-state index < -0.39 is 4.92 Å². The van der Waals surface area contributed by atoms with Crippen LogP contribution in [0.2, 0.25) is 5.15 Å². The molecule has 0 bridgehead atoms. The maximum absolute atomic E-state index is 12.5. The summed E-state index contributed by atoms with van der Waals surface area (Å²) in [4.78, 5) is 28.3. The van der Waals surface area contributed by atoms with Crippen molar-refractivity contribution < 1.29 is 9.72 Å². The van der Waals surface area contributed by atoms with Gasteiger partial charge < -0.3 is 4.90 Å². The number of halogens is 1. The van der Waals surface area contributed by atoms with Crippen LogP contribution < -0.4 is 0 Å². The van der Waals surface area contributed by atoms with Gasteiger partial charge in [0.1, 0.15) is 16.9 Å². The summed E-state index contributed by atoms with van der Waals surface area (Å²) < 4.78 is 0. The SMILES string of the molecule is CC(C)(C)C1CCN(C(=O)c2cc(Cl)ncc2[N+](=O)[O-])C1. The predicted molar refractivity (Wildman–Crippen MR) is 79.4 cm³/mol. The van der Waals surface area contributed by atoms with Crippen LogP contribution in [0.1, 0.15) is 37.6 Å². The largest absolute Gasteiger partial charge is 0.338 e. The Kier molecular flexibility index (Phi) is 4.18. The van der Waals surface area contributed by atoms with E-state index in [9.17, 15) is 14.9 Å². The van der Waals surface area contributed by atoms with Gasteiger partial charge in [-0.2, -0.15) is 0 Å². The number of carbonyl (C=O) groups excluding carboxylic acids is 1. The number of rotatable bonds is 2. The molecule has 0 aromatic carbocycles. The summed E-state index contributed by atoms with van der Waals surface area (Å²) in [5.74, 6) is 0.0376. The molecule has 21 heavy (non-hydrogen) atoms. The Morgan fingerprint density at radius 3 is 2.71 bits per heavy atom. The number of hydrogen-bond donors (Lipinski definition) is 0. The third-order valence-corrected chi connectivity index (χ3v) is 4.18. The fourth-order valence-corrected chi connectivity index (χ4v) is 2.72. The average molecular weight is 312 g/mol. The fraction of sp³-hybridized carbons (Fsp3) is 0.571. The number of likely N-dealkylation sites (tertiary alicyclic amines) is 1. The first-order valence-corrected chi connectivity index (χ1v) is 7.17. The maximum atomic E-state index is 12.5. The topological polar surface area (TPSA) is 76.3 Å². The van der Waals surface area contributed by atoms with E-state index in [0.717, 1.165) is 12.6 Å². The fourth-order valence-electron chi connectivity index (χ4n) is 2.56. The zero-order chi connectivity index (χ0) is 15.8. The first-order valence-electron chi connectivity index (χ1n) is 6.79. The molecular formula is C14H18ClN3O3. The number of carbonyl (C=O) groups is 1. The molecule has 1 aromatic rings. The van der Waals surface area contributed by atoms with Gasteiger partial charge in [-0.3, -0.25) is 14.9 Å². The standard InChI is InChI=1S/C14H18ClN3O3/c1-14(2,3)9-4-5-17(8-9)13(19)10-6-12(15)16-7-11(10)18(20)21/h6-7,9H,4-5,8H2,1-3H3. The van der Waals surface area contributed by atoms with Crippen molar-refractivity contribution in [3.63, 3.8) is 0 Å². The van der Waals surface area contributed by atoms with Crippen molar-refractivity contribution in [1.82, 2.24) is 9.88 Å². The van der Waals surface area contributed by atoms with Crippen LogP contribution in [0.25, 0.3) is 0 Å². The molecule has 1 aliphatic rings. The van der Waals surface area contributed by atoms with E-state index in [1.165, 1.54) is 6.07 Å². The van der Waals surface area contributed by atoms with Crippen LogP contribution in [-0.2, 0) is 0 Å². The van der Waals surface area contributed by atoms with Gasteiger partial charge in [0.15, 0.2) is 0 Å². The molecule has 0 N–H and O–H groups in total. The summed E-state index contributed by atoms with van der Waals surface area (Å²) in [7, 11) is 0. The second-order valence-corrected chi connectivity index (χ2v) is 6.77. The Hall–Kier alpha value is -1.69. The second-order valence-electron chi connectivity index (χ2n) is 6.38. The zero-order valence-electron chi connectivity index (χ0n) is 12.3. The molecule has 1 aromatic heterocycles. The highest BCUT2D eigenvalue weighted by atomic mass is 35.5. The second kappa shape index (κ2) is 5.60. The van der Waals surface area contributed by atoms with Crippen LogP contribution >= 0.6 is 11.6 Å². The Labute approximate surface area is 128 Å². The molecule has 2 heterocycles. The van der Waals surface area contributed by atoms with Crippen molar-refractivity contribution in [2.24, 2.45) is 11.3 Å². The van der Waals surface area contributed by atoms with E-state index in [0.29, 0.717) is 19.0 Å². The lowest BCUT2D eigenvalue weighted by Crippen LogP contribution is -2.31. The highest BCUT2D eigenvalue weighted by Crippen LogP contribution is 2.34. The van der Waals surface area contributed by atoms with Gasteiger partial charge in [-0.1, -0.05) is 32.4 Å². The minimum Gasteiger partial charge on any atom is -0.338 e. The normalized spacial score (nSPS) is 18.9. The average Bonchev–Trinajstić information content (AvgIpc) is 2.86. The van der Waals surface area contributed by atoms with Crippen molar-refractivity contribution in [2.45, 2.75) is 27.2 Å². The van der Waals surface area contributed by atoms with Gasteiger partial charge in [0, 0.05) is 13.1 Å². The van der Waals surface area contributed by atoms with E-state index in [-0.39, 0.29) is 27.7 Å². The van der Waals surface area contributed by atoms with Crippen LogP contribution in [0.5, 0.6) is 0 Å². The molecule has 0 radical (unpaired) electrons. The molecule has 0 spiro atoms. The molecule has 7 heteroatoms. The van der Waals surface area contributed by atoms with Crippen LogP contribution in [0, 0.1) is 21.4 Å². The molecule has 114 valence electrons. The maximum Gasteiger partial charge on any atom is 0.300 e. The predicted octanol–water partition coefficient (Wildman–Crippen LogP) is 3.15. The Morgan fingerprint density at radius 1 is 1.52 bits per heavy atom. The molecule has 1 amide bonds. The molecule has 1 aliphatic heterocycles. The van der Waals surface area contributed by atoms with Gasteiger partial charge in [0.25, 0.3) is 11.6 Å². The summed E-state index contributed by atoms with van der Waals surface area (Å²) in [6, 6.07) is 1.27. The summed E-state index contributed by atoms with van der Waals surface area (Å²) in [5.41, 5.74) is -0.185. The molecule has 0 saturated carbocycles. The molecule has 1 atom stereocenters. The highest BCUT2D eigenvalue weighted by Gasteiger charge is 2.36. The summed E-state index contributed by atoms with van der Waals surface area (Å²) >= 11 is 5.77. The molecule has 0 aliphatic carbocycles. The first-order chi connectivity index (χ1) is 9.70. The van der Waals surface area contributed by atoms with Crippen molar-refractivity contribution in [1.29, 1.82) is 0 Å². The third-order valence-electron chi connectivity index (χ3n) is 3.98. The van der Waals surface area contributed by atoms with E-state index >= 15 is 0 Å². The molecular weight excluding hydrogens is 294 g/mol. The number of pyridine rings is 1. The van der Waals surface area contributed by atoms with E-state index in [1.54, 1.807) is 4.90 Å². The minimum absolute atomic E-state index is 0.00885. The highest BCUT2D eigenvalue weighted by molar-refractivity contribution is 6.29. The number of amides is 1. The molecule has 2 rings (SSSR count). The van der Waals surface area contributed by atoms with Crippen LogP contribution in [0.15, 0.2) is 12.3 Å². The molecule has 6 nitrogen and oxygen atoms in total. The monoisotopic (exact) mass is 311 g/mol. The smallest absolute Gasteiger partial charge is 0.300 e. The van der Waals surface area contributed by atoms with Crippen LogP contribution in [0.3, 0.4) is 0 Å². The Morgan fingerprint density at radius 2 is 2.19 bits per heavy atom. The zero-order valence-corrected chi connectivity index (χ0v) is 13.1. The third kappa shape index (κ3) is 3.32. The van der Waals surface area contributed by atoms with Crippen molar-refractivity contribution >= 4 is 23.2 Å². The molecule has 1 saturated heterocycles. The lowest BCUT2D eigenvalue weighted by Gasteiger charge is -2.26. The van der Waals surface area contributed by atoms with Gasteiger partial charge in [-0.05, 0) is 23.8 Å². The number of hydrogen-bond acceptors (Lipinski definition) is 4. The summed E-state index contributed by atoms with van der Waals surface area (Å²) in [6.45, 7) is 7.63. The van der Waals surface area contributed by atoms with E-state index in [1.807, 2.05) is 0 Å². The van der Waals surface area contributed by atoms with Crippen molar-refractivity contribution in [2.75, 3.05) is 13.1 Å². The van der Waals surface area contributed by atoms with Crippen LogP contribution in [0.4, 0.5) is 5.69 Å². The van der Waals surface area contributed by atoms with Crippen LogP contribution in [-0.4, -0.2) is 33.8 Å². The van der Waals surface area contributed by atoms with Gasteiger partial charge >= 0.3 is 0 Å². The van der Waals surface area contributed by atoms with Crippen molar-refractivity contribution in [3.8, 4) is 0 Å². The summed E-state index contributed by atoms with van der Waals surface area (Å²) in [5, 5.41) is 11.1.